The van der Waals surface area contributed by atoms with Gasteiger partial charge in [-0.05, 0) is 43.0 Å². The van der Waals surface area contributed by atoms with Crippen molar-refractivity contribution in [1.29, 1.82) is 0 Å². The number of aromatic nitrogens is 5. The molecule has 9 heteroatoms. The number of ether oxygens (including phenoxy) is 1. The molecule has 8 nitrogen and oxygen atoms in total. The van der Waals surface area contributed by atoms with Crippen molar-refractivity contribution < 1.29 is 13.9 Å². The summed E-state index contributed by atoms with van der Waals surface area (Å²) in [5.74, 6) is 0.446. The predicted octanol–water partition coefficient (Wildman–Crippen LogP) is 3.94. The number of halogens is 1. The Morgan fingerprint density at radius 1 is 1.09 bits per heavy atom. The van der Waals surface area contributed by atoms with Crippen LogP contribution in [-0.4, -0.2) is 50.2 Å². The number of anilines is 1. The van der Waals surface area contributed by atoms with Crippen LogP contribution in [0.4, 0.5) is 10.1 Å². The summed E-state index contributed by atoms with van der Waals surface area (Å²) in [4.78, 5) is 26.9. The van der Waals surface area contributed by atoms with E-state index in [2.05, 4.69) is 20.1 Å². The molecular formula is C26H25FN6O2. The summed E-state index contributed by atoms with van der Waals surface area (Å²) in [6.45, 7) is 1.10. The van der Waals surface area contributed by atoms with Gasteiger partial charge < -0.3 is 9.64 Å². The Kier molecular flexibility index (Phi) is 5.69. The van der Waals surface area contributed by atoms with Crippen molar-refractivity contribution in [3.63, 3.8) is 0 Å². The van der Waals surface area contributed by atoms with Crippen LogP contribution in [0.25, 0.3) is 16.8 Å². The van der Waals surface area contributed by atoms with Gasteiger partial charge in [-0.3, -0.25) is 9.78 Å². The molecule has 1 aliphatic carbocycles. The molecule has 1 aliphatic heterocycles. The number of rotatable bonds is 5. The quantitative estimate of drug-likeness (QED) is 0.438. The SMILES string of the molecule is O=C1COCCN1c1ccc(Cc2ncc(F)c(-c3ccn4ncc(C5CCCC5)c4c3)n2)nc1. The van der Waals surface area contributed by atoms with E-state index in [-0.39, 0.29) is 18.2 Å². The molecule has 4 aromatic heterocycles. The number of hydrogen-bond acceptors (Lipinski definition) is 6. The third-order valence-corrected chi connectivity index (χ3v) is 6.86. The highest BCUT2D eigenvalue weighted by molar-refractivity contribution is 5.94. The van der Waals surface area contributed by atoms with E-state index in [0.717, 1.165) is 16.9 Å². The topological polar surface area (TPSA) is 85.5 Å². The van der Waals surface area contributed by atoms with Gasteiger partial charge in [-0.15, -0.1) is 0 Å². The molecule has 4 aromatic rings. The number of fused-ring (bicyclic) bond motifs is 1. The van der Waals surface area contributed by atoms with Crippen LogP contribution in [0.15, 0.2) is 49.1 Å². The lowest BCUT2D eigenvalue weighted by Gasteiger charge is -2.26. The van der Waals surface area contributed by atoms with Gasteiger partial charge in [-0.1, -0.05) is 12.8 Å². The maximum absolute atomic E-state index is 14.8. The third kappa shape index (κ3) is 4.27. The van der Waals surface area contributed by atoms with Gasteiger partial charge in [0.1, 0.15) is 18.1 Å². The van der Waals surface area contributed by atoms with E-state index in [4.69, 9.17) is 4.74 Å². The summed E-state index contributed by atoms with van der Waals surface area (Å²) in [5, 5.41) is 4.49. The largest absolute Gasteiger partial charge is 0.370 e. The molecule has 6 rings (SSSR count). The maximum Gasteiger partial charge on any atom is 0.253 e. The molecule has 178 valence electrons. The van der Waals surface area contributed by atoms with E-state index in [1.54, 1.807) is 11.1 Å². The van der Waals surface area contributed by atoms with Crippen molar-refractivity contribution in [3.8, 4) is 11.3 Å². The molecular weight excluding hydrogens is 447 g/mol. The smallest absolute Gasteiger partial charge is 0.253 e. The van der Waals surface area contributed by atoms with Crippen LogP contribution in [0.3, 0.4) is 0 Å². The number of nitrogens with zero attached hydrogens (tertiary/aromatic N) is 6. The lowest BCUT2D eigenvalue weighted by Crippen LogP contribution is -2.41. The van der Waals surface area contributed by atoms with Crippen LogP contribution in [0, 0.1) is 5.82 Å². The summed E-state index contributed by atoms with van der Waals surface area (Å²) in [7, 11) is 0. The van der Waals surface area contributed by atoms with E-state index >= 15 is 0 Å². The Bertz CT molecular complexity index is 1380. The van der Waals surface area contributed by atoms with Crippen LogP contribution in [0.1, 0.15) is 48.7 Å². The molecule has 2 fully saturated rings. The minimum absolute atomic E-state index is 0.0800. The fourth-order valence-electron chi connectivity index (χ4n) is 5.02. The lowest BCUT2D eigenvalue weighted by molar-refractivity contribution is -0.125. The maximum atomic E-state index is 14.8. The molecule has 0 aromatic carbocycles. The van der Waals surface area contributed by atoms with Crippen LogP contribution in [0.2, 0.25) is 0 Å². The summed E-state index contributed by atoms with van der Waals surface area (Å²) in [6, 6.07) is 7.51. The Balaban J connectivity index is 1.26. The second-order valence-electron chi connectivity index (χ2n) is 9.09. The van der Waals surface area contributed by atoms with Crippen molar-refractivity contribution >= 4 is 17.1 Å². The number of hydrogen-bond donors (Lipinski definition) is 0. The van der Waals surface area contributed by atoms with Gasteiger partial charge in [-0.25, -0.2) is 18.9 Å². The first-order valence-corrected chi connectivity index (χ1v) is 12.0. The molecule has 0 unspecified atom stereocenters. The van der Waals surface area contributed by atoms with Crippen LogP contribution < -0.4 is 4.90 Å². The summed E-state index contributed by atoms with van der Waals surface area (Å²) in [5.41, 5.74) is 4.67. The Hall–Kier alpha value is -3.72. The van der Waals surface area contributed by atoms with Gasteiger partial charge in [0.25, 0.3) is 5.91 Å². The fourth-order valence-corrected chi connectivity index (χ4v) is 5.02. The van der Waals surface area contributed by atoms with Crippen molar-refractivity contribution in [2.75, 3.05) is 24.7 Å². The van der Waals surface area contributed by atoms with Gasteiger partial charge in [-0.2, -0.15) is 5.10 Å². The molecule has 35 heavy (non-hydrogen) atoms. The van der Waals surface area contributed by atoms with E-state index in [1.165, 1.54) is 37.4 Å². The van der Waals surface area contributed by atoms with Gasteiger partial charge in [0.2, 0.25) is 0 Å². The Morgan fingerprint density at radius 2 is 1.97 bits per heavy atom. The molecule has 0 spiro atoms. The first kappa shape index (κ1) is 21.8. The molecule has 1 saturated carbocycles. The summed E-state index contributed by atoms with van der Waals surface area (Å²) >= 11 is 0. The third-order valence-electron chi connectivity index (χ3n) is 6.86. The molecule has 0 atom stereocenters. The normalized spacial score (nSPS) is 16.9. The predicted molar refractivity (Wildman–Crippen MR) is 128 cm³/mol. The summed E-state index contributed by atoms with van der Waals surface area (Å²) < 4.78 is 21.8. The zero-order valence-corrected chi connectivity index (χ0v) is 19.2. The van der Waals surface area contributed by atoms with E-state index < -0.39 is 5.82 Å². The molecule has 5 heterocycles. The molecule has 0 N–H and O–H groups in total. The van der Waals surface area contributed by atoms with Crippen molar-refractivity contribution in [2.24, 2.45) is 0 Å². The Labute approximate surface area is 201 Å². The number of carbonyl (C=O) groups excluding carboxylic acids is 1. The molecule has 0 radical (unpaired) electrons. The average Bonchev–Trinajstić information content (AvgIpc) is 3.56. The van der Waals surface area contributed by atoms with Crippen LogP contribution >= 0.6 is 0 Å². The van der Waals surface area contributed by atoms with Gasteiger partial charge in [0.05, 0.1) is 42.8 Å². The minimum Gasteiger partial charge on any atom is -0.370 e. The zero-order valence-electron chi connectivity index (χ0n) is 19.2. The van der Waals surface area contributed by atoms with Crippen molar-refractivity contribution in [1.82, 2.24) is 24.6 Å². The monoisotopic (exact) mass is 472 g/mol. The van der Waals surface area contributed by atoms with E-state index in [1.807, 2.05) is 41.2 Å². The molecule has 1 saturated heterocycles. The fraction of sp³-hybridized carbons (Fsp3) is 0.346. The van der Waals surface area contributed by atoms with E-state index in [0.29, 0.717) is 36.9 Å². The van der Waals surface area contributed by atoms with Crippen molar-refractivity contribution in [3.05, 3.63) is 72.0 Å². The highest BCUT2D eigenvalue weighted by Crippen LogP contribution is 2.37. The van der Waals surface area contributed by atoms with Crippen molar-refractivity contribution in [2.45, 2.75) is 38.0 Å². The highest BCUT2D eigenvalue weighted by Gasteiger charge is 2.22. The number of morpholine rings is 1. The zero-order chi connectivity index (χ0) is 23.8. The van der Waals surface area contributed by atoms with Gasteiger partial charge in [0.15, 0.2) is 5.82 Å². The highest BCUT2D eigenvalue weighted by atomic mass is 19.1. The summed E-state index contributed by atoms with van der Waals surface area (Å²) in [6.07, 6.45) is 11.9. The standard InChI is InChI=1S/C26H25FN6O2/c27-22-15-29-24(12-19-5-6-20(13-28-19)32-9-10-35-16-25(32)34)31-26(22)18-7-8-33-23(11-18)21(14-30-33)17-3-1-2-4-17/h5-8,11,13-15,17H,1-4,9-10,12,16H2. The van der Waals surface area contributed by atoms with Crippen LogP contribution in [0.5, 0.6) is 0 Å². The van der Waals surface area contributed by atoms with Gasteiger partial charge >= 0.3 is 0 Å². The lowest BCUT2D eigenvalue weighted by atomic mass is 9.98. The van der Waals surface area contributed by atoms with Gasteiger partial charge in [0, 0.05) is 29.6 Å². The first-order valence-electron chi connectivity index (χ1n) is 12.0. The molecule has 2 aliphatic rings. The van der Waals surface area contributed by atoms with E-state index in [9.17, 15) is 9.18 Å². The molecule has 1 amide bonds. The Morgan fingerprint density at radius 3 is 2.77 bits per heavy atom. The first-order chi connectivity index (χ1) is 17.2. The number of carbonyl (C=O) groups is 1. The second-order valence-corrected chi connectivity index (χ2v) is 9.09. The average molecular weight is 473 g/mol. The molecule has 0 bridgehead atoms. The van der Waals surface area contributed by atoms with Crippen LogP contribution in [-0.2, 0) is 16.0 Å². The second kappa shape index (κ2) is 9.14. The number of pyridine rings is 2. The number of amides is 1. The minimum atomic E-state index is -0.464.